The van der Waals surface area contributed by atoms with Crippen molar-refractivity contribution in [2.24, 2.45) is 0 Å². The van der Waals surface area contributed by atoms with Crippen LogP contribution in [-0.4, -0.2) is 21.5 Å². The molecule has 0 saturated heterocycles. The summed E-state index contributed by atoms with van der Waals surface area (Å²) < 4.78 is 6.12. The summed E-state index contributed by atoms with van der Waals surface area (Å²) in [4.78, 5) is 39.4. The predicted octanol–water partition coefficient (Wildman–Crippen LogP) is 1.93. The molecule has 0 saturated carbocycles. The quantitative estimate of drug-likeness (QED) is 0.667. The highest BCUT2D eigenvalue weighted by atomic mass is 16.3. The standard InChI is InChI=1S/C20H21N3O4/c1-14(9-10-15-6-3-2-4-7-15)22-18(24)17-12-21-20(26)23(19(17)25)13-16-8-5-11-27-16/h2-8,11-12,14H,9-10,13H2,1H3,(H,21,26)(H,22,24). The Balaban J connectivity index is 1.69. The second kappa shape index (κ2) is 8.35. The van der Waals surface area contributed by atoms with Gasteiger partial charge >= 0.3 is 5.69 Å². The molecule has 3 rings (SSSR count). The number of furan rings is 1. The molecule has 1 unspecified atom stereocenters. The lowest BCUT2D eigenvalue weighted by Gasteiger charge is -2.14. The van der Waals surface area contributed by atoms with E-state index in [9.17, 15) is 14.4 Å². The van der Waals surface area contributed by atoms with Crippen molar-refractivity contribution < 1.29 is 9.21 Å². The van der Waals surface area contributed by atoms with Crippen molar-refractivity contribution in [2.75, 3.05) is 0 Å². The molecule has 0 bridgehead atoms. The number of rotatable bonds is 7. The fourth-order valence-electron chi connectivity index (χ4n) is 2.78. The van der Waals surface area contributed by atoms with Crippen LogP contribution in [0.4, 0.5) is 0 Å². The zero-order valence-electron chi connectivity index (χ0n) is 15.0. The second-order valence-corrected chi connectivity index (χ2v) is 6.38. The average molecular weight is 367 g/mol. The molecule has 1 amide bonds. The molecule has 2 aromatic heterocycles. The number of hydrogen-bond acceptors (Lipinski definition) is 4. The van der Waals surface area contributed by atoms with E-state index in [0.29, 0.717) is 5.76 Å². The van der Waals surface area contributed by atoms with E-state index in [-0.39, 0.29) is 18.2 Å². The predicted molar refractivity (Wildman–Crippen MR) is 101 cm³/mol. The molecule has 7 heteroatoms. The molecule has 0 fully saturated rings. The average Bonchev–Trinajstić information content (AvgIpc) is 3.17. The van der Waals surface area contributed by atoms with Gasteiger partial charge in [0.2, 0.25) is 0 Å². The lowest BCUT2D eigenvalue weighted by molar-refractivity contribution is 0.0935. The Labute approximate surface area is 155 Å². The van der Waals surface area contributed by atoms with Crippen LogP contribution in [0.3, 0.4) is 0 Å². The molecule has 0 aliphatic rings. The maximum absolute atomic E-state index is 12.6. The van der Waals surface area contributed by atoms with E-state index in [1.54, 1.807) is 12.1 Å². The molecule has 0 radical (unpaired) electrons. The number of aromatic nitrogens is 2. The molecule has 1 atom stereocenters. The first-order valence-electron chi connectivity index (χ1n) is 8.74. The maximum atomic E-state index is 12.6. The third kappa shape index (κ3) is 4.63. The number of nitrogens with one attached hydrogen (secondary N) is 2. The van der Waals surface area contributed by atoms with Crippen LogP contribution in [0.1, 0.15) is 35.0 Å². The Kier molecular flexibility index (Phi) is 5.71. The van der Waals surface area contributed by atoms with Gasteiger partial charge in [-0.05, 0) is 37.5 Å². The number of benzene rings is 1. The van der Waals surface area contributed by atoms with Crippen molar-refractivity contribution in [3.05, 3.63) is 92.6 Å². The van der Waals surface area contributed by atoms with Crippen molar-refractivity contribution >= 4 is 5.91 Å². The molecule has 7 nitrogen and oxygen atoms in total. The molecule has 0 aliphatic heterocycles. The molecule has 2 N–H and O–H groups in total. The Morgan fingerprint density at radius 1 is 1.19 bits per heavy atom. The Hall–Kier alpha value is -3.35. The number of amides is 1. The summed E-state index contributed by atoms with van der Waals surface area (Å²) in [6, 6.07) is 13.2. The fraction of sp³-hybridized carbons (Fsp3) is 0.250. The van der Waals surface area contributed by atoms with Crippen LogP contribution in [0.5, 0.6) is 0 Å². The normalized spacial score (nSPS) is 11.9. The summed E-state index contributed by atoms with van der Waals surface area (Å²) >= 11 is 0. The summed E-state index contributed by atoms with van der Waals surface area (Å²) in [7, 11) is 0. The highest BCUT2D eigenvalue weighted by molar-refractivity contribution is 5.93. The van der Waals surface area contributed by atoms with Gasteiger partial charge in [-0.2, -0.15) is 0 Å². The van der Waals surface area contributed by atoms with Gasteiger partial charge < -0.3 is 14.7 Å². The zero-order valence-corrected chi connectivity index (χ0v) is 15.0. The molecular weight excluding hydrogens is 346 g/mol. The smallest absolute Gasteiger partial charge is 0.328 e. The van der Waals surface area contributed by atoms with Gasteiger partial charge in [0.25, 0.3) is 11.5 Å². The van der Waals surface area contributed by atoms with Crippen molar-refractivity contribution in [2.45, 2.75) is 32.4 Å². The van der Waals surface area contributed by atoms with E-state index in [1.165, 1.54) is 11.8 Å². The second-order valence-electron chi connectivity index (χ2n) is 6.38. The van der Waals surface area contributed by atoms with Crippen LogP contribution >= 0.6 is 0 Å². The highest BCUT2D eigenvalue weighted by Crippen LogP contribution is 2.05. The number of H-pyrrole nitrogens is 1. The van der Waals surface area contributed by atoms with Crippen LogP contribution in [0.25, 0.3) is 0 Å². The number of aryl methyl sites for hydroxylation is 1. The maximum Gasteiger partial charge on any atom is 0.328 e. The third-order valence-electron chi connectivity index (χ3n) is 4.29. The molecule has 140 valence electrons. The third-order valence-corrected chi connectivity index (χ3v) is 4.29. The summed E-state index contributed by atoms with van der Waals surface area (Å²) in [6.45, 7) is 1.85. The van der Waals surface area contributed by atoms with Gasteiger partial charge in [0.15, 0.2) is 0 Å². The zero-order chi connectivity index (χ0) is 19.2. The first-order valence-corrected chi connectivity index (χ1v) is 8.74. The van der Waals surface area contributed by atoms with E-state index in [1.807, 2.05) is 37.3 Å². The monoisotopic (exact) mass is 367 g/mol. The van der Waals surface area contributed by atoms with Crippen LogP contribution < -0.4 is 16.6 Å². The van der Waals surface area contributed by atoms with E-state index >= 15 is 0 Å². The molecule has 2 heterocycles. The molecule has 1 aromatic carbocycles. The first-order chi connectivity index (χ1) is 13.0. The summed E-state index contributed by atoms with van der Waals surface area (Å²) in [5, 5.41) is 2.82. The molecule has 3 aromatic rings. The molecule has 0 aliphatic carbocycles. The number of carbonyl (C=O) groups is 1. The lowest BCUT2D eigenvalue weighted by atomic mass is 10.1. The Bertz CT molecular complexity index is 1000. The van der Waals surface area contributed by atoms with E-state index < -0.39 is 17.2 Å². The van der Waals surface area contributed by atoms with E-state index in [0.717, 1.165) is 23.6 Å². The van der Waals surface area contributed by atoms with Gasteiger partial charge in [-0.15, -0.1) is 0 Å². The van der Waals surface area contributed by atoms with Gasteiger partial charge in [-0.3, -0.25) is 14.2 Å². The first kappa shape index (κ1) is 18.4. The Morgan fingerprint density at radius 2 is 1.96 bits per heavy atom. The van der Waals surface area contributed by atoms with Crippen LogP contribution in [0.15, 0.2) is 68.9 Å². The number of nitrogens with zero attached hydrogens (tertiary/aromatic N) is 1. The topological polar surface area (TPSA) is 97.1 Å². The van der Waals surface area contributed by atoms with E-state index in [4.69, 9.17) is 4.42 Å². The molecular formula is C20H21N3O4. The highest BCUT2D eigenvalue weighted by Gasteiger charge is 2.17. The van der Waals surface area contributed by atoms with Crippen molar-refractivity contribution in [3.63, 3.8) is 0 Å². The van der Waals surface area contributed by atoms with Gasteiger partial charge in [-0.25, -0.2) is 4.79 Å². The number of aromatic amines is 1. The minimum absolute atomic E-state index is 0.0359. The van der Waals surface area contributed by atoms with Crippen molar-refractivity contribution in [1.82, 2.24) is 14.9 Å². The van der Waals surface area contributed by atoms with Crippen molar-refractivity contribution in [3.8, 4) is 0 Å². The van der Waals surface area contributed by atoms with Gasteiger partial charge in [0, 0.05) is 12.2 Å². The minimum Gasteiger partial charge on any atom is -0.467 e. The van der Waals surface area contributed by atoms with Crippen molar-refractivity contribution in [1.29, 1.82) is 0 Å². The number of hydrogen-bond donors (Lipinski definition) is 2. The van der Waals surface area contributed by atoms with Gasteiger partial charge in [-0.1, -0.05) is 30.3 Å². The largest absolute Gasteiger partial charge is 0.467 e. The van der Waals surface area contributed by atoms with Crippen LogP contribution in [0.2, 0.25) is 0 Å². The summed E-state index contributed by atoms with van der Waals surface area (Å²) in [5.41, 5.74) is -0.163. The minimum atomic E-state index is -0.650. The molecule has 27 heavy (non-hydrogen) atoms. The van der Waals surface area contributed by atoms with Crippen LogP contribution in [-0.2, 0) is 13.0 Å². The van der Waals surface area contributed by atoms with Gasteiger partial charge in [0.1, 0.15) is 11.3 Å². The lowest BCUT2D eigenvalue weighted by Crippen LogP contribution is -2.42. The molecule has 0 spiro atoms. The SMILES string of the molecule is CC(CCc1ccccc1)NC(=O)c1c[nH]c(=O)n(Cc2ccco2)c1=O. The fourth-order valence-corrected chi connectivity index (χ4v) is 2.78. The van der Waals surface area contributed by atoms with Crippen LogP contribution in [0, 0.1) is 0 Å². The summed E-state index contributed by atoms with van der Waals surface area (Å²) in [5.74, 6) is -0.0543. The van der Waals surface area contributed by atoms with E-state index in [2.05, 4.69) is 10.3 Å². The summed E-state index contributed by atoms with van der Waals surface area (Å²) in [6.07, 6.45) is 4.17. The Morgan fingerprint density at radius 3 is 2.67 bits per heavy atom. The van der Waals surface area contributed by atoms with Gasteiger partial charge in [0.05, 0.1) is 12.8 Å². The number of carbonyl (C=O) groups excluding carboxylic acids is 1.